The van der Waals surface area contributed by atoms with Gasteiger partial charge in [-0.25, -0.2) is 37.3 Å². The van der Waals surface area contributed by atoms with Gasteiger partial charge in [-0.15, -0.1) is 0 Å². The standard InChI is InChI=1S/C16H19F2N7O2S/c17-16(18)11(19)3-4-14-21-7-13(24-14)12-6-15(23-9-22-12)25-5-1-2-10(8-25)28(20,26)27/h3-4,6-7,9-10,16,19H,1-2,5,8H2,(H,21,24)(H2,20,26,27)/b4-3-,19-11?. The molecule has 0 saturated carbocycles. The molecule has 1 fully saturated rings. The van der Waals surface area contributed by atoms with Crippen LogP contribution in [0.1, 0.15) is 18.7 Å². The molecule has 1 atom stereocenters. The fourth-order valence-corrected chi connectivity index (χ4v) is 3.76. The van der Waals surface area contributed by atoms with Crippen LogP contribution in [0.5, 0.6) is 0 Å². The van der Waals surface area contributed by atoms with Crippen molar-refractivity contribution in [3.05, 3.63) is 30.5 Å². The van der Waals surface area contributed by atoms with E-state index in [-0.39, 0.29) is 6.54 Å². The molecule has 12 heteroatoms. The van der Waals surface area contributed by atoms with Crippen molar-refractivity contribution in [2.24, 2.45) is 5.14 Å². The molecule has 2 aromatic rings. The Balaban J connectivity index is 1.78. The van der Waals surface area contributed by atoms with Gasteiger partial charge in [0, 0.05) is 19.2 Å². The average molecular weight is 411 g/mol. The minimum Gasteiger partial charge on any atom is -0.355 e. The van der Waals surface area contributed by atoms with Gasteiger partial charge in [0.25, 0.3) is 6.43 Å². The number of anilines is 1. The quantitative estimate of drug-likeness (QED) is 0.614. The van der Waals surface area contributed by atoms with Gasteiger partial charge in [0.1, 0.15) is 18.0 Å². The number of nitrogens with one attached hydrogen (secondary N) is 2. The van der Waals surface area contributed by atoms with Gasteiger partial charge < -0.3 is 9.88 Å². The lowest BCUT2D eigenvalue weighted by atomic mass is 10.1. The second-order valence-electron chi connectivity index (χ2n) is 6.33. The smallest absolute Gasteiger partial charge is 0.279 e. The summed E-state index contributed by atoms with van der Waals surface area (Å²) >= 11 is 0. The zero-order chi connectivity index (χ0) is 20.3. The molecule has 0 bridgehead atoms. The Morgan fingerprint density at radius 2 is 2.18 bits per heavy atom. The number of nitrogens with zero attached hydrogens (tertiary/aromatic N) is 4. The molecule has 0 aromatic carbocycles. The number of piperidine rings is 1. The Labute approximate surface area is 160 Å². The highest BCUT2D eigenvalue weighted by molar-refractivity contribution is 7.89. The van der Waals surface area contributed by atoms with E-state index in [2.05, 4.69) is 19.9 Å². The van der Waals surface area contributed by atoms with Crippen LogP contribution in [0.4, 0.5) is 14.6 Å². The molecule has 0 amide bonds. The first-order valence-electron chi connectivity index (χ1n) is 8.42. The van der Waals surface area contributed by atoms with Crippen molar-refractivity contribution in [2.45, 2.75) is 24.5 Å². The van der Waals surface area contributed by atoms with Crippen molar-refractivity contribution in [1.82, 2.24) is 19.9 Å². The molecular weight excluding hydrogens is 392 g/mol. The molecule has 0 radical (unpaired) electrons. The molecule has 1 saturated heterocycles. The van der Waals surface area contributed by atoms with Crippen molar-refractivity contribution in [2.75, 3.05) is 18.0 Å². The fourth-order valence-electron chi connectivity index (χ4n) is 2.87. The van der Waals surface area contributed by atoms with Crippen LogP contribution >= 0.6 is 0 Å². The van der Waals surface area contributed by atoms with Crippen LogP contribution in [0.3, 0.4) is 0 Å². The zero-order valence-electron chi connectivity index (χ0n) is 14.7. The van der Waals surface area contributed by atoms with E-state index in [1.54, 1.807) is 6.07 Å². The summed E-state index contributed by atoms with van der Waals surface area (Å²) in [4.78, 5) is 17.2. The van der Waals surface area contributed by atoms with Gasteiger partial charge in [-0.05, 0) is 25.0 Å². The van der Waals surface area contributed by atoms with Crippen LogP contribution in [0.25, 0.3) is 17.5 Å². The molecule has 3 heterocycles. The first-order chi connectivity index (χ1) is 13.2. The summed E-state index contributed by atoms with van der Waals surface area (Å²) in [5.74, 6) is 0.859. The van der Waals surface area contributed by atoms with Crippen LogP contribution in [0, 0.1) is 5.41 Å². The summed E-state index contributed by atoms with van der Waals surface area (Å²) in [6.07, 6.45) is 3.43. The number of alkyl halides is 2. The molecule has 1 unspecified atom stereocenters. The van der Waals surface area contributed by atoms with Crippen molar-refractivity contribution >= 4 is 27.6 Å². The van der Waals surface area contributed by atoms with E-state index in [9.17, 15) is 17.2 Å². The number of H-pyrrole nitrogens is 1. The summed E-state index contributed by atoms with van der Waals surface area (Å²) in [7, 11) is -3.62. The molecule has 2 aromatic heterocycles. The molecule has 0 aliphatic carbocycles. The van der Waals surface area contributed by atoms with Gasteiger partial charge in [-0.3, -0.25) is 5.41 Å². The van der Waals surface area contributed by atoms with Crippen LogP contribution in [0.15, 0.2) is 24.7 Å². The SMILES string of the molecule is N=C(/C=C\c1ncc(-c2cc(N3CCCC(S(N)(=O)=O)C3)ncn2)[nH]1)C(F)F. The number of primary sulfonamides is 1. The summed E-state index contributed by atoms with van der Waals surface area (Å²) < 4.78 is 48.0. The lowest BCUT2D eigenvalue weighted by molar-refractivity contribution is 0.226. The van der Waals surface area contributed by atoms with E-state index < -0.39 is 27.4 Å². The first kappa shape index (κ1) is 20.0. The average Bonchev–Trinajstić information content (AvgIpc) is 3.14. The molecule has 0 spiro atoms. The predicted octanol–water partition coefficient (Wildman–Crippen LogP) is 1.42. The topological polar surface area (TPSA) is 142 Å². The number of allylic oxidation sites excluding steroid dienone is 1. The molecule has 3 rings (SSSR count). The molecule has 150 valence electrons. The number of sulfonamides is 1. The summed E-state index contributed by atoms with van der Waals surface area (Å²) in [5, 5.41) is 11.7. The third-order valence-electron chi connectivity index (χ3n) is 4.35. The van der Waals surface area contributed by atoms with E-state index >= 15 is 0 Å². The number of hydrogen-bond acceptors (Lipinski definition) is 7. The van der Waals surface area contributed by atoms with E-state index in [0.717, 1.165) is 6.08 Å². The van der Waals surface area contributed by atoms with Crippen molar-refractivity contribution < 1.29 is 17.2 Å². The van der Waals surface area contributed by atoms with Crippen LogP contribution in [0.2, 0.25) is 0 Å². The van der Waals surface area contributed by atoms with Gasteiger partial charge in [0.05, 0.1) is 28.5 Å². The van der Waals surface area contributed by atoms with E-state index in [1.165, 1.54) is 18.6 Å². The summed E-state index contributed by atoms with van der Waals surface area (Å²) in [6.45, 7) is 0.900. The molecule has 1 aliphatic heterocycles. The van der Waals surface area contributed by atoms with E-state index in [4.69, 9.17) is 10.5 Å². The lowest BCUT2D eigenvalue weighted by Gasteiger charge is -2.32. The zero-order valence-corrected chi connectivity index (χ0v) is 15.5. The Hall–Kier alpha value is -2.73. The number of hydrogen-bond donors (Lipinski definition) is 3. The third-order valence-corrected chi connectivity index (χ3v) is 5.66. The van der Waals surface area contributed by atoms with Crippen molar-refractivity contribution in [3.8, 4) is 11.4 Å². The molecule has 1 aliphatic rings. The molecule has 9 nitrogen and oxygen atoms in total. The highest BCUT2D eigenvalue weighted by Gasteiger charge is 2.29. The summed E-state index contributed by atoms with van der Waals surface area (Å²) in [6, 6.07) is 1.69. The van der Waals surface area contributed by atoms with Crippen LogP contribution in [-0.2, 0) is 10.0 Å². The van der Waals surface area contributed by atoms with Crippen molar-refractivity contribution in [3.63, 3.8) is 0 Å². The lowest BCUT2D eigenvalue weighted by Crippen LogP contribution is -2.45. The Morgan fingerprint density at radius 3 is 2.89 bits per heavy atom. The highest BCUT2D eigenvalue weighted by Crippen LogP contribution is 2.24. The monoisotopic (exact) mass is 411 g/mol. The van der Waals surface area contributed by atoms with Gasteiger partial charge in [-0.2, -0.15) is 0 Å². The number of nitrogens with two attached hydrogens (primary N) is 1. The largest absolute Gasteiger partial charge is 0.355 e. The van der Waals surface area contributed by atoms with E-state index in [0.29, 0.717) is 42.4 Å². The maximum Gasteiger partial charge on any atom is 0.279 e. The maximum atomic E-state index is 12.4. The molecule has 4 N–H and O–H groups in total. The second kappa shape index (κ2) is 8.10. The number of aromatic amines is 1. The Bertz CT molecular complexity index is 990. The van der Waals surface area contributed by atoms with Crippen LogP contribution < -0.4 is 10.0 Å². The highest BCUT2D eigenvalue weighted by atomic mass is 32.2. The third kappa shape index (κ3) is 4.75. The predicted molar refractivity (Wildman–Crippen MR) is 101 cm³/mol. The molecule has 28 heavy (non-hydrogen) atoms. The minimum atomic E-state index is -3.62. The number of imidazole rings is 1. The maximum absolute atomic E-state index is 12.4. The number of aromatic nitrogens is 4. The first-order valence-corrected chi connectivity index (χ1v) is 10.0. The second-order valence-corrected chi connectivity index (χ2v) is 8.18. The van der Waals surface area contributed by atoms with Gasteiger partial charge in [0.2, 0.25) is 10.0 Å². The van der Waals surface area contributed by atoms with Crippen molar-refractivity contribution in [1.29, 1.82) is 5.41 Å². The van der Waals surface area contributed by atoms with Gasteiger partial charge >= 0.3 is 0 Å². The van der Waals surface area contributed by atoms with E-state index in [1.807, 2.05) is 4.90 Å². The number of halogens is 2. The Morgan fingerprint density at radius 1 is 1.39 bits per heavy atom. The molecular formula is C16H19F2N7O2S. The minimum absolute atomic E-state index is 0.252. The van der Waals surface area contributed by atoms with Gasteiger partial charge in [0.15, 0.2) is 0 Å². The Kier molecular flexibility index (Phi) is 5.79. The fraction of sp³-hybridized carbons (Fsp3) is 0.375. The van der Waals surface area contributed by atoms with Crippen LogP contribution in [-0.4, -0.2) is 58.8 Å². The summed E-state index contributed by atoms with van der Waals surface area (Å²) in [5.41, 5.74) is 0.238. The number of rotatable bonds is 6. The normalized spacial score (nSPS) is 18.1. The van der Waals surface area contributed by atoms with Gasteiger partial charge in [-0.1, -0.05) is 0 Å².